The predicted octanol–water partition coefficient (Wildman–Crippen LogP) is 4.26. The number of likely N-dealkylation sites (tertiary alicyclic amines) is 1. The van der Waals surface area contributed by atoms with E-state index in [2.05, 4.69) is 10.2 Å². The van der Waals surface area contributed by atoms with Gasteiger partial charge in [-0.05, 0) is 61.1 Å². The van der Waals surface area contributed by atoms with Gasteiger partial charge in [0, 0.05) is 43.6 Å². The van der Waals surface area contributed by atoms with Crippen LogP contribution in [-0.4, -0.2) is 58.8 Å². The SMILES string of the molecule is O=C1CCC(N2Cc3cc(O[C@H]4CCCC[C@H]4N4CC(c5cccc(C(F)(F)F)c5)C4)ccc3C2=O)C(=O)N1. The molecule has 4 aliphatic rings. The summed E-state index contributed by atoms with van der Waals surface area (Å²) >= 11 is 0. The Bertz CT molecular complexity index is 1310. The highest BCUT2D eigenvalue weighted by Crippen LogP contribution is 2.38. The normalized spacial score (nSPS) is 26.3. The van der Waals surface area contributed by atoms with Crippen LogP contribution < -0.4 is 10.1 Å². The summed E-state index contributed by atoms with van der Waals surface area (Å²) in [5, 5.41) is 2.32. The van der Waals surface area contributed by atoms with Crippen molar-refractivity contribution >= 4 is 17.7 Å². The zero-order valence-electron chi connectivity index (χ0n) is 21.4. The minimum Gasteiger partial charge on any atom is -0.489 e. The zero-order valence-corrected chi connectivity index (χ0v) is 21.4. The third kappa shape index (κ3) is 5.02. The number of amides is 3. The average molecular weight is 542 g/mol. The topological polar surface area (TPSA) is 79.0 Å². The minimum atomic E-state index is -4.35. The first-order valence-corrected chi connectivity index (χ1v) is 13.5. The van der Waals surface area contributed by atoms with E-state index >= 15 is 0 Å². The Kier molecular flexibility index (Phi) is 6.61. The van der Waals surface area contributed by atoms with Crippen molar-refractivity contribution in [2.75, 3.05) is 13.1 Å². The number of hydrogen-bond donors (Lipinski definition) is 1. The van der Waals surface area contributed by atoms with E-state index in [9.17, 15) is 27.6 Å². The van der Waals surface area contributed by atoms with Crippen molar-refractivity contribution in [3.63, 3.8) is 0 Å². The molecule has 10 heteroatoms. The number of carbonyl (C=O) groups excluding carboxylic acids is 3. The van der Waals surface area contributed by atoms with Gasteiger partial charge in [-0.3, -0.25) is 24.6 Å². The number of nitrogens with one attached hydrogen (secondary N) is 1. The van der Waals surface area contributed by atoms with Gasteiger partial charge in [0.2, 0.25) is 11.8 Å². The van der Waals surface area contributed by atoms with Crippen LogP contribution in [0.15, 0.2) is 42.5 Å². The number of ether oxygens (including phenoxy) is 1. The molecule has 2 saturated heterocycles. The van der Waals surface area contributed by atoms with Crippen molar-refractivity contribution in [3.05, 3.63) is 64.7 Å². The minimum absolute atomic E-state index is 0.0531. The summed E-state index contributed by atoms with van der Waals surface area (Å²) in [6.45, 7) is 1.69. The zero-order chi connectivity index (χ0) is 27.3. The summed E-state index contributed by atoms with van der Waals surface area (Å²) in [5.41, 5.74) is 1.45. The van der Waals surface area contributed by atoms with E-state index in [1.807, 2.05) is 6.07 Å². The molecule has 0 aromatic heterocycles. The first kappa shape index (κ1) is 25.9. The lowest BCUT2D eigenvalue weighted by Crippen LogP contribution is -2.57. The Balaban J connectivity index is 1.11. The van der Waals surface area contributed by atoms with Gasteiger partial charge in [-0.1, -0.05) is 24.6 Å². The number of carbonyl (C=O) groups is 3. The Morgan fingerprint density at radius 1 is 0.949 bits per heavy atom. The molecule has 1 saturated carbocycles. The molecule has 3 atom stereocenters. The molecule has 3 amide bonds. The van der Waals surface area contributed by atoms with Crippen molar-refractivity contribution in [3.8, 4) is 5.75 Å². The van der Waals surface area contributed by atoms with E-state index < -0.39 is 23.7 Å². The number of rotatable bonds is 5. The number of nitrogens with zero attached hydrogens (tertiary/aromatic N) is 2. The van der Waals surface area contributed by atoms with Crippen LogP contribution in [0.2, 0.25) is 0 Å². The summed E-state index contributed by atoms with van der Waals surface area (Å²) in [5.74, 6) is -0.242. The Labute approximate surface area is 224 Å². The maximum atomic E-state index is 13.2. The summed E-state index contributed by atoms with van der Waals surface area (Å²) in [4.78, 5) is 40.7. The summed E-state index contributed by atoms with van der Waals surface area (Å²) < 4.78 is 45.9. The molecule has 39 heavy (non-hydrogen) atoms. The molecule has 3 fully saturated rings. The standard InChI is InChI=1S/C29H30F3N3O4/c30-29(31,32)20-5-3-4-17(12-20)19-14-34(15-19)23-6-1-2-7-25(23)39-21-8-9-22-18(13-21)16-35(28(22)38)24-10-11-26(36)33-27(24)37/h3-5,8-9,12-13,19,23-25H,1-2,6-7,10-11,14-16H2,(H,33,36,37)/t23-,24?,25+/m1/s1. The summed E-state index contributed by atoms with van der Waals surface area (Å²) in [6.07, 6.45) is 0.0889. The average Bonchev–Trinajstić information content (AvgIpc) is 3.19. The van der Waals surface area contributed by atoms with Crippen LogP contribution in [0.5, 0.6) is 5.75 Å². The van der Waals surface area contributed by atoms with Gasteiger partial charge < -0.3 is 9.64 Å². The number of halogens is 3. The largest absolute Gasteiger partial charge is 0.489 e. The highest BCUT2D eigenvalue weighted by molar-refractivity contribution is 6.05. The lowest BCUT2D eigenvalue weighted by atomic mass is 9.84. The van der Waals surface area contributed by atoms with Crippen LogP contribution in [-0.2, 0) is 22.3 Å². The first-order valence-electron chi connectivity index (χ1n) is 13.5. The molecule has 1 aliphatic carbocycles. The highest BCUT2D eigenvalue weighted by Gasteiger charge is 2.41. The fourth-order valence-corrected chi connectivity index (χ4v) is 6.39. The van der Waals surface area contributed by atoms with Crippen LogP contribution in [0.1, 0.15) is 71.5 Å². The van der Waals surface area contributed by atoms with E-state index in [-0.39, 0.29) is 42.8 Å². The molecule has 3 aliphatic heterocycles. The van der Waals surface area contributed by atoms with Crippen LogP contribution in [0.3, 0.4) is 0 Å². The van der Waals surface area contributed by atoms with Crippen molar-refractivity contribution in [2.45, 2.75) is 75.4 Å². The van der Waals surface area contributed by atoms with Gasteiger partial charge in [0.05, 0.1) is 5.56 Å². The van der Waals surface area contributed by atoms with Crippen LogP contribution >= 0.6 is 0 Å². The number of benzene rings is 2. The number of imide groups is 1. The van der Waals surface area contributed by atoms with E-state index in [1.54, 1.807) is 18.2 Å². The van der Waals surface area contributed by atoms with Gasteiger partial charge in [-0.2, -0.15) is 13.2 Å². The van der Waals surface area contributed by atoms with E-state index in [0.29, 0.717) is 30.8 Å². The quantitative estimate of drug-likeness (QED) is 0.573. The fraction of sp³-hybridized carbons (Fsp3) is 0.483. The molecule has 206 valence electrons. The second-order valence-corrected chi connectivity index (χ2v) is 11.0. The molecule has 2 aromatic carbocycles. The molecule has 1 unspecified atom stereocenters. The molecule has 0 bridgehead atoms. The smallest absolute Gasteiger partial charge is 0.416 e. The van der Waals surface area contributed by atoms with Gasteiger partial charge in [0.25, 0.3) is 5.91 Å². The molecule has 1 N–H and O–H groups in total. The molecule has 3 heterocycles. The number of fused-ring (bicyclic) bond motifs is 1. The van der Waals surface area contributed by atoms with Gasteiger partial charge in [0.1, 0.15) is 17.9 Å². The third-order valence-electron chi connectivity index (χ3n) is 8.51. The van der Waals surface area contributed by atoms with Gasteiger partial charge in [-0.15, -0.1) is 0 Å². The summed E-state index contributed by atoms with van der Waals surface area (Å²) in [7, 11) is 0. The Hall–Kier alpha value is -3.40. The second kappa shape index (κ2) is 9.97. The second-order valence-electron chi connectivity index (χ2n) is 11.0. The molecule has 7 nitrogen and oxygen atoms in total. The molecular weight excluding hydrogens is 511 g/mol. The van der Waals surface area contributed by atoms with E-state index in [4.69, 9.17) is 4.74 Å². The molecule has 2 aromatic rings. The van der Waals surface area contributed by atoms with E-state index in [1.165, 1.54) is 17.0 Å². The lowest BCUT2D eigenvalue weighted by Gasteiger charge is -2.48. The van der Waals surface area contributed by atoms with E-state index in [0.717, 1.165) is 42.9 Å². The van der Waals surface area contributed by atoms with Gasteiger partial charge in [-0.25, -0.2) is 0 Å². The van der Waals surface area contributed by atoms with Crippen molar-refractivity contribution < 1.29 is 32.3 Å². The van der Waals surface area contributed by atoms with Crippen molar-refractivity contribution in [2.24, 2.45) is 0 Å². The maximum Gasteiger partial charge on any atom is 0.416 e. The molecule has 0 spiro atoms. The summed E-state index contributed by atoms with van der Waals surface area (Å²) in [6, 6.07) is 10.5. The predicted molar refractivity (Wildman–Crippen MR) is 135 cm³/mol. The number of hydrogen-bond acceptors (Lipinski definition) is 5. The molecule has 0 radical (unpaired) electrons. The third-order valence-corrected chi connectivity index (χ3v) is 8.51. The lowest BCUT2D eigenvalue weighted by molar-refractivity contribution is -0.138. The van der Waals surface area contributed by atoms with Crippen molar-refractivity contribution in [1.29, 1.82) is 0 Å². The Morgan fingerprint density at radius 2 is 1.74 bits per heavy atom. The monoisotopic (exact) mass is 541 g/mol. The van der Waals surface area contributed by atoms with Crippen molar-refractivity contribution in [1.82, 2.24) is 15.1 Å². The highest BCUT2D eigenvalue weighted by atomic mass is 19.4. The van der Waals surface area contributed by atoms with Gasteiger partial charge in [0.15, 0.2) is 0 Å². The van der Waals surface area contributed by atoms with Gasteiger partial charge >= 0.3 is 6.18 Å². The van der Waals surface area contributed by atoms with Crippen LogP contribution in [0.4, 0.5) is 13.2 Å². The Morgan fingerprint density at radius 3 is 2.51 bits per heavy atom. The van der Waals surface area contributed by atoms with Crippen LogP contribution in [0, 0.1) is 0 Å². The van der Waals surface area contributed by atoms with Crippen LogP contribution in [0.25, 0.3) is 0 Å². The molecule has 6 rings (SSSR count). The number of piperidine rings is 1. The maximum absolute atomic E-state index is 13.2. The first-order chi connectivity index (χ1) is 18.7. The molecular formula is C29H30F3N3O4. The fourth-order valence-electron chi connectivity index (χ4n) is 6.39. The number of alkyl halides is 3.